The summed E-state index contributed by atoms with van der Waals surface area (Å²) in [5.41, 5.74) is 3.63. The number of likely N-dealkylation sites (N-methyl/N-ethyl adjacent to an activating group) is 1. The zero-order valence-electron chi connectivity index (χ0n) is 13.2. The quantitative estimate of drug-likeness (QED) is 0.721. The van der Waals surface area contributed by atoms with Crippen molar-refractivity contribution in [3.05, 3.63) is 17.0 Å². The SMILES string of the molecule is Cc1nn(C)c(C)c1C(C)NCCOCCN(C)C. The van der Waals surface area contributed by atoms with Crippen molar-refractivity contribution in [3.8, 4) is 0 Å². The number of hydrogen-bond donors (Lipinski definition) is 1. The molecule has 1 unspecified atom stereocenters. The van der Waals surface area contributed by atoms with Gasteiger partial charge in [0.2, 0.25) is 0 Å². The van der Waals surface area contributed by atoms with E-state index in [-0.39, 0.29) is 0 Å². The average Bonchev–Trinajstić information content (AvgIpc) is 2.57. The minimum atomic E-state index is 0.311. The van der Waals surface area contributed by atoms with Crippen LogP contribution in [-0.2, 0) is 11.8 Å². The zero-order valence-corrected chi connectivity index (χ0v) is 13.2. The Morgan fingerprint density at radius 2 is 2.00 bits per heavy atom. The Balaban J connectivity index is 2.29. The van der Waals surface area contributed by atoms with E-state index in [1.165, 1.54) is 11.3 Å². The van der Waals surface area contributed by atoms with Gasteiger partial charge in [-0.15, -0.1) is 0 Å². The van der Waals surface area contributed by atoms with Gasteiger partial charge in [-0.2, -0.15) is 5.10 Å². The molecule has 19 heavy (non-hydrogen) atoms. The standard InChI is InChI=1S/C14H28N4O/c1-11(14-12(2)16-18(6)13(14)3)15-7-9-19-10-8-17(4)5/h11,15H,7-10H2,1-6H3. The van der Waals surface area contributed by atoms with E-state index in [1.807, 2.05) is 11.7 Å². The van der Waals surface area contributed by atoms with E-state index in [1.54, 1.807) is 0 Å². The van der Waals surface area contributed by atoms with Crippen LogP contribution in [0.1, 0.15) is 29.9 Å². The Bertz CT molecular complexity index is 387. The Kier molecular flexibility index (Phi) is 6.48. The van der Waals surface area contributed by atoms with Crippen molar-refractivity contribution in [2.24, 2.45) is 7.05 Å². The molecule has 1 rings (SSSR count). The van der Waals surface area contributed by atoms with Crippen LogP contribution in [0, 0.1) is 13.8 Å². The molecule has 1 heterocycles. The summed E-state index contributed by atoms with van der Waals surface area (Å²) >= 11 is 0. The molecule has 0 aliphatic heterocycles. The number of ether oxygens (including phenoxy) is 1. The van der Waals surface area contributed by atoms with Crippen LogP contribution in [0.3, 0.4) is 0 Å². The fourth-order valence-electron chi connectivity index (χ4n) is 2.22. The van der Waals surface area contributed by atoms with Crippen LogP contribution < -0.4 is 5.32 Å². The molecule has 0 radical (unpaired) electrons. The molecular formula is C14H28N4O. The molecule has 0 fully saturated rings. The van der Waals surface area contributed by atoms with Crippen LogP contribution in [0.15, 0.2) is 0 Å². The summed E-state index contributed by atoms with van der Waals surface area (Å²) in [6.07, 6.45) is 0. The lowest BCUT2D eigenvalue weighted by atomic mass is 10.1. The number of rotatable bonds is 8. The molecule has 0 bridgehead atoms. The molecule has 0 saturated carbocycles. The molecule has 1 atom stereocenters. The maximum atomic E-state index is 5.57. The monoisotopic (exact) mass is 268 g/mol. The number of aromatic nitrogens is 2. The molecule has 1 N–H and O–H groups in total. The predicted molar refractivity (Wildman–Crippen MR) is 78.5 cm³/mol. The number of nitrogens with one attached hydrogen (secondary N) is 1. The molecule has 0 aliphatic rings. The molecule has 0 aliphatic carbocycles. The molecular weight excluding hydrogens is 240 g/mol. The van der Waals surface area contributed by atoms with Gasteiger partial charge in [-0.25, -0.2) is 0 Å². The van der Waals surface area contributed by atoms with Crippen LogP contribution >= 0.6 is 0 Å². The average molecular weight is 268 g/mol. The van der Waals surface area contributed by atoms with Crippen molar-refractivity contribution < 1.29 is 4.74 Å². The van der Waals surface area contributed by atoms with Gasteiger partial charge in [-0.05, 0) is 34.9 Å². The van der Waals surface area contributed by atoms with Gasteiger partial charge in [0.15, 0.2) is 0 Å². The van der Waals surface area contributed by atoms with Crippen molar-refractivity contribution in [1.29, 1.82) is 0 Å². The highest BCUT2D eigenvalue weighted by atomic mass is 16.5. The zero-order chi connectivity index (χ0) is 14.4. The third-order valence-electron chi connectivity index (χ3n) is 3.38. The Labute approximate surface area is 116 Å². The minimum Gasteiger partial charge on any atom is -0.379 e. The first-order valence-corrected chi connectivity index (χ1v) is 6.89. The molecule has 1 aromatic rings. The van der Waals surface area contributed by atoms with Crippen LogP contribution in [0.5, 0.6) is 0 Å². The van der Waals surface area contributed by atoms with Gasteiger partial charge in [0.05, 0.1) is 18.9 Å². The predicted octanol–water partition coefficient (Wildman–Crippen LogP) is 1.27. The molecule has 0 aromatic carbocycles. The smallest absolute Gasteiger partial charge is 0.0644 e. The summed E-state index contributed by atoms with van der Waals surface area (Å²) in [4.78, 5) is 2.12. The van der Waals surface area contributed by atoms with Gasteiger partial charge < -0.3 is 15.0 Å². The van der Waals surface area contributed by atoms with Gasteiger partial charge in [-0.1, -0.05) is 0 Å². The highest BCUT2D eigenvalue weighted by molar-refractivity contribution is 5.27. The third-order valence-corrected chi connectivity index (χ3v) is 3.38. The third kappa shape index (κ3) is 4.93. The summed E-state index contributed by atoms with van der Waals surface area (Å²) < 4.78 is 7.51. The molecule has 110 valence electrons. The maximum absolute atomic E-state index is 5.57. The topological polar surface area (TPSA) is 42.3 Å². The largest absolute Gasteiger partial charge is 0.379 e. The van der Waals surface area contributed by atoms with Gasteiger partial charge in [0, 0.05) is 37.4 Å². The van der Waals surface area contributed by atoms with E-state index < -0.39 is 0 Å². The Morgan fingerprint density at radius 1 is 1.32 bits per heavy atom. The summed E-state index contributed by atoms with van der Waals surface area (Å²) in [6.45, 7) is 9.72. The summed E-state index contributed by atoms with van der Waals surface area (Å²) in [7, 11) is 6.10. The summed E-state index contributed by atoms with van der Waals surface area (Å²) in [5.74, 6) is 0. The molecule has 0 amide bonds. The molecule has 0 spiro atoms. The van der Waals surface area contributed by atoms with Crippen molar-refractivity contribution in [1.82, 2.24) is 20.0 Å². The Hall–Kier alpha value is -0.910. The van der Waals surface area contributed by atoms with E-state index in [0.29, 0.717) is 6.04 Å². The molecule has 0 saturated heterocycles. The normalized spacial score (nSPS) is 13.2. The second kappa shape index (κ2) is 7.62. The minimum absolute atomic E-state index is 0.311. The Morgan fingerprint density at radius 3 is 2.53 bits per heavy atom. The first-order valence-electron chi connectivity index (χ1n) is 6.89. The fourth-order valence-corrected chi connectivity index (χ4v) is 2.22. The summed E-state index contributed by atoms with van der Waals surface area (Å²) in [5, 5.41) is 7.94. The van der Waals surface area contributed by atoms with Gasteiger partial charge in [-0.3, -0.25) is 4.68 Å². The van der Waals surface area contributed by atoms with Crippen LogP contribution in [0.25, 0.3) is 0 Å². The molecule has 5 nitrogen and oxygen atoms in total. The van der Waals surface area contributed by atoms with Crippen LogP contribution in [0.4, 0.5) is 0 Å². The van der Waals surface area contributed by atoms with Crippen molar-refractivity contribution in [3.63, 3.8) is 0 Å². The van der Waals surface area contributed by atoms with E-state index in [2.05, 4.69) is 50.2 Å². The summed E-state index contributed by atoms with van der Waals surface area (Å²) in [6, 6.07) is 0.311. The van der Waals surface area contributed by atoms with E-state index in [0.717, 1.165) is 32.0 Å². The van der Waals surface area contributed by atoms with Crippen molar-refractivity contribution in [2.75, 3.05) is 40.4 Å². The number of nitrogens with zero attached hydrogens (tertiary/aromatic N) is 3. The first kappa shape index (κ1) is 16.1. The lowest BCUT2D eigenvalue weighted by Crippen LogP contribution is -2.26. The van der Waals surface area contributed by atoms with Gasteiger partial charge in [0.1, 0.15) is 0 Å². The second-order valence-electron chi connectivity index (χ2n) is 5.30. The number of aryl methyl sites for hydroxylation is 2. The van der Waals surface area contributed by atoms with E-state index in [9.17, 15) is 0 Å². The van der Waals surface area contributed by atoms with E-state index in [4.69, 9.17) is 4.74 Å². The highest BCUT2D eigenvalue weighted by Gasteiger charge is 2.15. The van der Waals surface area contributed by atoms with Crippen LogP contribution in [0.2, 0.25) is 0 Å². The first-order chi connectivity index (χ1) is 8.93. The molecule has 5 heteroatoms. The van der Waals surface area contributed by atoms with Crippen molar-refractivity contribution in [2.45, 2.75) is 26.8 Å². The van der Waals surface area contributed by atoms with Gasteiger partial charge in [0.25, 0.3) is 0 Å². The number of hydrogen-bond acceptors (Lipinski definition) is 4. The molecule has 1 aromatic heterocycles. The van der Waals surface area contributed by atoms with Crippen LogP contribution in [-0.4, -0.2) is 55.1 Å². The lowest BCUT2D eigenvalue weighted by Gasteiger charge is -2.15. The van der Waals surface area contributed by atoms with E-state index >= 15 is 0 Å². The van der Waals surface area contributed by atoms with Crippen molar-refractivity contribution >= 4 is 0 Å². The van der Waals surface area contributed by atoms with Gasteiger partial charge >= 0.3 is 0 Å². The second-order valence-corrected chi connectivity index (χ2v) is 5.30. The fraction of sp³-hybridized carbons (Fsp3) is 0.786. The highest BCUT2D eigenvalue weighted by Crippen LogP contribution is 2.20. The maximum Gasteiger partial charge on any atom is 0.0644 e. The lowest BCUT2D eigenvalue weighted by molar-refractivity contribution is 0.118.